The Morgan fingerprint density at radius 1 is 1.19 bits per heavy atom. The molecule has 0 bridgehead atoms. The van der Waals surface area contributed by atoms with Gasteiger partial charge in [0.15, 0.2) is 0 Å². The maximum atomic E-state index is 12.4. The van der Waals surface area contributed by atoms with E-state index in [1.165, 1.54) is 0 Å². The van der Waals surface area contributed by atoms with E-state index in [-0.39, 0.29) is 0 Å². The van der Waals surface area contributed by atoms with E-state index in [0.29, 0.717) is 18.2 Å². The van der Waals surface area contributed by atoms with Crippen molar-refractivity contribution < 1.29 is 22.4 Å². The minimum atomic E-state index is -4.47. The smallest absolute Gasteiger partial charge is 0.396 e. The first-order valence-corrected chi connectivity index (χ1v) is 4.32. The molecule has 1 aromatic rings. The van der Waals surface area contributed by atoms with Gasteiger partial charge in [0.2, 0.25) is 0 Å². The van der Waals surface area contributed by atoms with Crippen LogP contribution in [0, 0.1) is 5.82 Å². The summed E-state index contributed by atoms with van der Waals surface area (Å²) in [6, 6.07) is 1.90. The molecule has 0 spiro atoms. The van der Waals surface area contributed by atoms with Gasteiger partial charge in [-0.15, -0.1) is 0 Å². The number of benzene rings is 1. The van der Waals surface area contributed by atoms with Crippen LogP contribution < -0.4 is 5.73 Å². The topological polar surface area (TPSA) is 43.1 Å². The molecule has 16 heavy (non-hydrogen) atoms. The van der Waals surface area contributed by atoms with Gasteiger partial charge in [-0.3, -0.25) is 0 Å². The summed E-state index contributed by atoms with van der Waals surface area (Å²) < 4.78 is 48.2. The summed E-state index contributed by atoms with van der Waals surface area (Å²) in [6.45, 7) is 6.00. The van der Waals surface area contributed by atoms with Gasteiger partial charge in [-0.25, -0.2) is 4.39 Å². The predicted molar refractivity (Wildman–Crippen MR) is 54.3 cm³/mol. The van der Waals surface area contributed by atoms with E-state index >= 15 is 0 Å². The maximum absolute atomic E-state index is 12.4. The van der Waals surface area contributed by atoms with Crippen LogP contribution in [0.4, 0.5) is 23.2 Å². The summed E-state index contributed by atoms with van der Waals surface area (Å²) in [5.74, 6) is -0.844. The summed E-state index contributed by atoms with van der Waals surface area (Å²) in [5.41, 5.74) is 3.50. The van der Waals surface area contributed by atoms with Crippen LogP contribution in [-0.4, -0.2) is 6.79 Å². The number of carbonyl (C=O) groups excluding carboxylic acids is 1. The third-order valence-electron chi connectivity index (χ3n) is 1.32. The van der Waals surface area contributed by atoms with Crippen molar-refractivity contribution in [3.63, 3.8) is 0 Å². The molecule has 0 aliphatic carbocycles. The van der Waals surface area contributed by atoms with Crippen molar-refractivity contribution in [2.24, 2.45) is 0 Å². The van der Waals surface area contributed by atoms with E-state index in [2.05, 4.69) is 0 Å². The second-order valence-electron chi connectivity index (χ2n) is 2.23. The van der Waals surface area contributed by atoms with Crippen LogP contribution in [0.25, 0.3) is 0 Å². The first kappa shape index (κ1) is 16.8. The minimum Gasteiger partial charge on any atom is -0.396 e. The van der Waals surface area contributed by atoms with Crippen molar-refractivity contribution in [2.45, 2.75) is 20.0 Å². The van der Waals surface area contributed by atoms with Gasteiger partial charge in [-0.1, -0.05) is 13.8 Å². The van der Waals surface area contributed by atoms with Crippen molar-refractivity contribution in [3.05, 3.63) is 29.6 Å². The summed E-state index contributed by atoms with van der Waals surface area (Å²) in [5, 5.41) is 0. The molecule has 92 valence electrons. The molecule has 0 unspecified atom stereocenters. The Kier molecular flexibility index (Phi) is 8.07. The third-order valence-corrected chi connectivity index (χ3v) is 1.32. The lowest BCUT2D eigenvalue weighted by Crippen LogP contribution is -2.06. The molecule has 0 saturated heterocycles. The monoisotopic (exact) mass is 239 g/mol. The number of rotatable bonds is 0. The molecule has 1 aromatic carbocycles. The Balaban J connectivity index is 0. The van der Waals surface area contributed by atoms with Gasteiger partial charge in [0.05, 0.1) is 11.3 Å². The molecule has 6 heteroatoms. The van der Waals surface area contributed by atoms with E-state index in [9.17, 15) is 17.6 Å². The highest BCUT2D eigenvalue weighted by Crippen LogP contribution is 2.30. The zero-order valence-corrected chi connectivity index (χ0v) is 8.94. The van der Waals surface area contributed by atoms with Crippen molar-refractivity contribution in [1.29, 1.82) is 0 Å². The summed E-state index contributed by atoms with van der Waals surface area (Å²) in [7, 11) is 0. The lowest BCUT2D eigenvalue weighted by atomic mass is 10.2. The first-order valence-electron chi connectivity index (χ1n) is 4.32. The van der Waals surface area contributed by atoms with Crippen molar-refractivity contribution in [3.8, 4) is 0 Å². The minimum absolute atomic E-state index is 0.496. The molecule has 2 nitrogen and oxygen atoms in total. The molecule has 0 amide bonds. The van der Waals surface area contributed by atoms with Crippen LogP contribution >= 0.6 is 0 Å². The second-order valence-corrected chi connectivity index (χ2v) is 2.23. The van der Waals surface area contributed by atoms with Crippen molar-refractivity contribution in [1.82, 2.24) is 0 Å². The Morgan fingerprint density at radius 2 is 1.62 bits per heavy atom. The van der Waals surface area contributed by atoms with Gasteiger partial charge >= 0.3 is 6.18 Å². The third kappa shape index (κ3) is 5.33. The molecule has 2 N–H and O–H groups in total. The Bertz CT molecular complexity index is 312. The molecular formula is C10H13F4NO. The van der Waals surface area contributed by atoms with Gasteiger partial charge in [0, 0.05) is 0 Å². The Labute approximate surface area is 91.1 Å². The van der Waals surface area contributed by atoms with Crippen LogP contribution in [0.2, 0.25) is 0 Å². The predicted octanol–water partition coefficient (Wildman–Crippen LogP) is 3.27. The fraction of sp³-hybridized carbons (Fsp3) is 0.300. The quantitative estimate of drug-likeness (QED) is 0.557. The molecule has 0 saturated carbocycles. The van der Waals surface area contributed by atoms with Crippen LogP contribution in [0.15, 0.2) is 18.2 Å². The maximum Gasteiger partial charge on any atom is 0.416 e. The van der Waals surface area contributed by atoms with E-state index in [0.717, 1.165) is 0 Å². The lowest BCUT2D eigenvalue weighted by molar-refractivity contribution is -0.137. The number of hydrogen-bond donors (Lipinski definition) is 1. The molecule has 0 aromatic heterocycles. The average molecular weight is 239 g/mol. The van der Waals surface area contributed by atoms with E-state index in [1.54, 1.807) is 0 Å². The fourth-order valence-electron chi connectivity index (χ4n) is 0.720. The number of anilines is 1. The molecule has 0 heterocycles. The standard InChI is InChI=1S/C7H5F4N.C2H6.CH2O/c8-5-2-1-4(3-6(5)12)7(9,10)11;2*1-2/h1-3H,12H2;1-2H3;1H2. The van der Waals surface area contributed by atoms with Crippen LogP contribution in [0.1, 0.15) is 19.4 Å². The largest absolute Gasteiger partial charge is 0.416 e. The van der Waals surface area contributed by atoms with E-state index in [4.69, 9.17) is 10.5 Å². The van der Waals surface area contributed by atoms with Crippen molar-refractivity contribution in [2.75, 3.05) is 5.73 Å². The Hall–Kier alpha value is -1.59. The molecule has 0 aliphatic rings. The van der Waals surface area contributed by atoms with Gasteiger partial charge in [0.1, 0.15) is 12.6 Å². The van der Waals surface area contributed by atoms with Gasteiger partial charge in [-0.2, -0.15) is 13.2 Å². The van der Waals surface area contributed by atoms with Gasteiger partial charge in [0.25, 0.3) is 0 Å². The molecule has 1 rings (SSSR count). The number of nitrogen functional groups attached to an aromatic ring is 1. The zero-order chi connectivity index (χ0) is 13.4. The first-order chi connectivity index (χ1) is 7.41. The number of nitrogens with two attached hydrogens (primary N) is 1. The van der Waals surface area contributed by atoms with Crippen LogP contribution in [-0.2, 0) is 11.0 Å². The molecule has 0 radical (unpaired) electrons. The average Bonchev–Trinajstić information content (AvgIpc) is 2.26. The Morgan fingerprint density at radius 3 is 1.94 bits per heavy atom. The molecular weight excluding hydrogens is 226 g/mol. The molecule has 0 atom stereocenters. The highest BCUT2D eigenvalue weighted by atomic mass is 19.4. The zero-order valence-electron chi connectivity index (χ0n) is 8.94. The lowest BCUT2D eigenvalue weighted by Gasteiger charge is -2.06. The van der Waals surface area contributed by atoms with E-state index in [1.807, 2.05) is 20.6 Å². The summed E-state index contributed by atoms with van der Waals surface area (Å²) in [4.78, 5) is 8.00. The normalized spacial score (nSPS) is 9.38. The van der Waals surface area contributed by atoms with E-state index < -0.39 is 23.2 Å². The SMILES string of the molecule is C=O.CC.Nc1cc(C(F)(F)F)ccc1F. The van der Waals surface area contributed by atoms with Crippen LogP contribution in [0.5, 0.6) is 0 Å². The van der Waals surface area contributed by atoms with Gasteiger partial charge < -0.3 is 10.5 Å². The highest BCUT2D eigenvalue weighted by molar-refractivity contribution is 5.43. The number of hydrogen-bond acceptors (Lipinski definition) is 2. The fourth-order valence-corrected chi connectivity index (χ4v) is 0.720. The summed E-state index contributed by atoms with van der Waals surface area (Å²) in [6.07, 6.45) is -4.47. The molecule has 0 aliphatic heterocycles. The van der Waals surface area contributed by atoms with Gasteiger partial charge in [-0.05, 0) is 18.2 Å². The van der Waals surface area contributed by atoms with Crippen LogP contribution in [0.3, 0.4) is 0 Å². The molecule has 0 fully saturated rings. The number of carbonyl (C=O) groups is 1. The summed E-state index contributed by atoms with van der Waals surface area (Å²) >= 11 is 0. The number of halogens is 4. The van der Waals surface area contributed by atoms with Crippen molar-refractivity contribution >= 4 is 12.5 Å². The number of alkyl halides is 3. The second kappa shape index (κ2) is 7.67. The highest BCUT2D eigenvalue weighted by Gasteiger charge is 2.30.